The van der Waals surface area contributed by atoms with Crippen LogP contribution in [0.1, 0.15) is 28.1 Å². The Morgan fingerprint density at radius 2 is 2.36 bits per heavy atom. The van der Waals surface area contributed by atoms with Crippen molar-refractivity contribution in [1.29, 1.82) is 0 Å². The molecule has 22 heavy (non-hydrogen) atoms. The minimum atomic E-state index is -2.09. The van der Waals surface area contributed by atoms with Gasteiger partial charge in [0.05, 0.1) is 43.3 Å². The van der Waals surface area contributed by atoms with E-state index in [2.05, 4.69) is 0 Å². The van der Waals surface area contributed by atoms with Gasteiger partial charge in [0.1, 0.15) is 12.6 Å². The number of nitrogens with zero attached hydrogens (tertiary/aromatic N) is 1. The maximum atomic E-state index is 10.1. The van der Waals surface area contributed by atoms with Crippen LogP contribution in [-0.4, -0.2) is 49.5 Å². The molecule has 1 unspecified atom stereocenters. The zero-order chi connectivity index (χ0) is 18.0. The van der Waals surface area contributed by atoms with E-state index in [1.54, 1.807) is 14.2 Å². The number of quaternary nitrogens is 1. The molecule has 1 N–H and O–H groups in total. The Balaban J connectivity index is 1.93. The molecule has 0 bridgehead atoms. The normalized spacial score (nSPS) is 41.3. The van der Waals surface area contributed by atoms with Crippen LogP contribution in [0.5, 0.6) is 11.5 Å². The van der Waals surface area contributed by atoms with Crippen LogP contribution < -0.4 is 9.47 Å². The highest BCUT2D eigenvalue weighted by Crippen LogP contribution is 2.56. The lowest BCUT2D eigenvalue weighted by Gasteiger charge is -2.36. The highest BCUT2D eigenvalue weighted by molar-refractivity contribution is 5.60. The average molecular weight is 308 g/mol. The number of benzene rings is 1. The number of aliphatic hydroxyl groups is 1. The summed E-state index contributed by atoms with van der Waals surface area (Å²) in [6.45, 7) is -1.14. The SMILES string of the molecule is [3H]C([3H])([3H])[N+]1(C)CC[C@@]23C=C[C@H](O)C[C@@H]2Oc2c(OC)ccc(c23)C1. The first-order valence-corrected chi connectivity index (χ1v) is 7.79. The van der Waals surface area contributed by atoms with E-state index < -0.39 is 13.1 Å². The predicted octanol–water partition coefficient (Wildman–Crippen LogP) is 1.99. The van der Waals surface area contributed by atoms with Crippen LogP contribution in [0.15, 0.2) is 24.3 Å². The number of ether oxygens (including phenoxy) is 2. The Morgan fingerprint density at radius 1 is 1.50 bits per heavy atom. The first kappa shape index (κ1) is 11.1. The van der Waals surface area contributed by atoms with Gasteiger partial charge >= 0.3 is 0 Å². The predicted molar refractivity (Wildman–Crippen MR) is 84.1 cm³/mol. The second-order valence-electron chi connectivity index (χ2n) is 6.97. The highest BCUT2D eigenvalue weighted by atomic mass is 16.5. The summed E-state index contributed by atoms with van der Waals surface area (Å²) in [4.78, 5) is 0. The van der Waals surface area contributed by atoms with Crippen LogP contribution in [0.4, 0.5) is 0 Å². The maximum Gasteiger partial charge on any atom is 0.166 e. The summed E-state index contributed by atoms with van der Waals surface area (Å²) < 4.78 is 35.8. The smallest absolute Gasteiger partial charge is 0.166 e. The number of rotatable bonds is 1. The summed E-state index contributed by atoms with van der Waals surface area (Å²) in [6.07, 6.45) is 4.31. The van der Waals surface area contributed by atoms with E-state index in [-0.39, 0.29) is 16.0 Å². The van der Waals surface area contributed by atoms with Gasteiger partial charge in [0.25, 0.3) is 0 Å². The molecule has 1 aromatic rings. The third-order valence-corrected chi connectivity index (χ3v) is 5.34. The fourth-order valence-corrected chi connectivity index (χ4v) is 4.22. The van der Waals surface area contributed by atoms with E-state index >= 15 is 0 Å². The summed E-state index contributed by atoms with van der Waals surface area (Å²) in [7, 11) is 3.42. The second kappa shape index (κ2) is 4.49. The van der Waals surface area contributed by atoms with Crippen molar-refractivity contribution in [1.82, 2.24) is 0 Å². The Hall–Kier alpha value is -1.52. The van der Waals surface area contributed by atoms with E-state index in [0.29, 0.717) is 37.4 Å². The summed E-state index contributed by atoms with van der Waals surface area (Å²) in [5.74, 6) is 1.38. The molecule has 2 heterocycles. The Kier molecular flexibility index (Phi) is 2.26. The summed E-state index contributed by atoms with van der Waals surface area (Å²) in [5.41, 5.74) is 1.65. The molecule has 3 aliphatic rings. The molecule has 4 rings (SSSR count). The van der Waals surface area contributed by atoms with Gasteiger partial charge < -0.3 is 19.1 Å². The largest absolute Gasteiger partial charge is 0.493 e. The lowest BCUT2D eigenvalue weighted by atomic mass is 9.69. The number of hydrogen-bond donors (Lipinski definition) is 1. The molecule has 1 aromatic carbocycles. The zero-order valence-corrected chi connectivity index (χ0v) is 13.0. The molecule has 0 fully saturated rings. The van der Waals surface area contributed by atoms with Crippen LogP contribution in [-0.2, 0) is 12.0 Å². The molecular weight excluding hydrogens is 278 g/mol. The quantitative estimate of drug-likeness (QED) is 0.637. The van der Waals surface area contributed by atoms with Crippen molar-refractivity contribution >= 4 is 0 Å². The van der Waals surface area contributed by atoms with E-state index in [1.165, 1.54) is 0 Å². The Labute approximate surface area is 135 Å². The molecule has 118 valence electrons. The van der Waals surface area contributed by atoms with Crippen molar-refractivity contribution in [2.75, 3.05) is 27.7 Å². The topological polar surface area (TPSA) is 38.7 Å². The van der Waals surface area contributed by atoms with Gasteiger partial charge in [-0.2, -0.15) is 0 Å². The molecule has 0 amide bonds. The van der Waals surface area contributed by atoms with Crippen LogP contribution >= 0.6 is 0 Å². The molecule has 4 heteroatoms. The van der Waals surface area contributed by atoms with Gasteiger partial charge in [-0.25, -0.2) is 0 Å². The lowest BCUT2D eigenvalue weighted by Crippen LogP contribution is -2.45. The maximum absolute atomic E-state index is 10.1. The van der Waals surface area contributed by atoms with Crippen LogP contribution in [0.2, 0.25) is 0 Å². The fourth-order valence-electron chi connectivity index (χ4n) is 4.22. The first-order chi connectivity index (χ1) is 11.7. The molecule has 0 aromatic heterocycles. The van der Waals surface area contributed by atoms with Crippen molar-refractivity contribution in [3.63, 3.8) is 0 Å². The van der Waals surface area contributed by atoms with E-state index in [4.69, 9.17) is 13.6 Å². The molecule has 4 atom stereocenters. The van der Waals surface area contributed by atoms with Gasteiger partial charge in [-0.1, -0.05) is 12.2 Å². The van der Waals surface area contributed by atoms with Crippen molar-refractivity contribution < 1.29 is 23.2 Å². The number of hydrogen-bond acceptors (Lipinski definition) is 3. The minimum Gasteiger partial charge on any atom is -0.493 e. The van der Waals surface area contributed by atoms with Crippen molar-refractivity contribution in [2.24, 2.45) is 0 Å². The average Bonchev–Trinajstić information content (AvgIpc) is 2.80. The molecule has 1 aliphatic carbocycles. The first-order valence-electron chi connectivity index (χ1n) is 9.29. The molecule has 0 saturated carbocycles. The number of methoxy groups -OCH3 is 1. The zero-order valence-electron chi connectivity index (χ0n) is 16.0. The monoisotopic (exact) mass is 308 g/mol. The lowest BCUT2D eigenvalue weighted by molar-refractivity contribution is -0.903. The molecule has 1 spiro atoms. The van der Waals surface area contributed by atoms with E-state index in [9.17, 15) is 5.11 Å². The van der Waals surface area contributed by atoms with E-state index in [1.807, 2.05) is 24.3 Å². The fraction of sp³-hybridized carbons (Fsp3) is 0.556. The summed E-state index contributed by atoms with van der Waals surface area (Å²) in [5, 5.41) is 10.1. The van der Waals surface area contributed by atoms with Gasteiger partial charge in [0, 0.05) is 24.0 Å². The van der Waals surface area contributed by atoms with Gasteiger partial charge in [0.2, 0.25) is 0 Å². The number of aliphatic hydroxyl groups excluding tert-OH is 1. The molecule has 4 nitrogen and oxygen atoms in total. The summed E-state index contributed by atoms with van der Waals surface area (Å²) >= 11 is 0. The van der Waals surface area contributed by atoms with Crippen LogP contribution in [0, 0.1) is 0 Å². The molecular formula is C18H24NO3+. The van der Waals surface area contributed by atoms with Crippen molar-refractivity contribution in [3.8, 4) is 11.5 Å². The summed E-state index contributed by atoms with van der Waals surface area (Å²) in [6, 6.07) is 3.83. The molecule has 2 aliphatic heterocycles. The minimum absolute atomic E-state index is 0.00334. The third-order valence-electron chi connectivity index (χ3n) is 5.34. The van der Waals surface area contributed by atoms with Crippen molar-refractivity contribution in [2.45, 2.75) is 37.0 Å². The van der Waals surface area contributed by atoms with Gasteiger partial charge in [0.15, 0.2) is 11.5 Å². The molecule has 0 radical (unpaired) electrons. The van der Waals surface area contributed by atoms with Crippen LogP contribution in [0.3, 0.4) is 0 Å². The van der Waals surface area contributed by atoms with Crippen LogP contribution in [0.25, 0.3) is 0 Å². The van der Waals surface area contributed by atoms with Gasteiger partial charge in [-0.3, -0.25) is 0 Å². The highest BCUT2D eigenvalue weighted by Gasteiger charge is 2.54. The van der Waals surface area contributed by atoms with Gasteiger partial charge in [-0.15, -0.1) is 0 Å². The van der Waals surface area contributed by atoms with Gasteiger partial charge in [-0.05, 0) is 12.1 Å². The second-order valence-corrected chi connectivity index (χ2v) is 6.97. The standard InChI is InChI=1S/C18H24NO3/c1-19(2)9-8-18-7-6-13(20)10-15(18)22-17-14(21-3)5-4-12(11-19)16(17)18/h4-7,13,15,20H,8-11H2,1-3H3/q+1/t13-,15-,18-/m0/s1/i1T3/t13-,15-,18-,19?. The van der Waals surface area contributed by atoms with E-state index in [0.717, 1.165) is 11.1 Å². The van der Waals surface area contributed by atoms with Crippen molar-refractivity contribution in [3.05, 3.63) is 35.4 Å². The third kappa shape index (κ3) is 1.83. The Bertz CT molecular complexity index is 748. The Morgan fingerprint density at radius 3 is 3.14 bits per heavy atom. The molecule has 0 saturated heterocycles.